The molecule has 0 saturated carbocycles. The molecule has 6 heteroatoms. The first kappa shape index (κ1) is 14.8. The molecule has 1 aliphatic heterocycles. The SMILES string of the molecule is Cn1c(C(=O)N2CCS(=O)(=O)CC2)ccc1-c1ccccc1. The van der Waals surface area contributed by atoms with Crippen LogP contribution in [0.3, 0.4) is 0 Å². The summed E-state index contributed by atoms with van der Waals surface area (Å²) >= 11 is 0. The Kier molecular flexibility index (Phi) is 3.78. The standard InChI is InChI=1S/C16H18N2O3S/c1-17-14(13-5-3-2-4-6-13)7-8-15(17)16(19)18-9-11-22(20,21)12-10-18/h2-8H,9-12H2,1H3. The maximum absolute atomic E-state index is 12.6. The third kappa shape index (κ3) is 2.78. The number of rotatable bonds is 2. The van der Waals surface area contributed by atoms with E-state index in [4.69, 9.17) is 0 Å². The molecule has 0 N–H and O–H groups in total. The Morgan fingerprint density at radius 3 is 2.27 bits per heavy atom. The van der Waals surface area contributed by atoms with Crippen LogP contribution in [-0.4, -0.2) is 48.4 Å². The summed E-state index contributed by atoms with van der Waals surface area (Å²) in [6, 6.07) is 13.6. The fourth-order valence-electron chi connectivity index (χ4n) is 2.70. The number of nitrogens with zero attached hydrogens (tertiary/aromatic N) is 2. The van der Waals surface area contributed by atoms with Crippen LogP contribution >= 0.6 is 0 Å². The number of sulfone groups is 1. The smallest absolute Gasteiger partial charge is 0.270 e. The second-order valence-electron chi connectivity index (χ2n) is 5.47. The Morgan fingerprint density at radius 1 is 1.00 bits per heavy atom. The summed E-state index contributed by atoms with van der Waals surface area (Å²) in [5.74, 6) is -0.0109. The van der Waals surface area contributed by atoms with Crippen LogP contribution < -0.4 is 0 Å². The van der Waals surface area contributed by atoms with Crippen molar-refractivity contribution in [1.82, 2.24) is 9.47 Å². The highest BCUT2D eigenvalue weighted by atomic mass is 32.2. The second-order valence-corrected chi connectivity index (χ2v) is 7.78. The predicted octanol–water partition coefficient (Wildman–Crippen LogP) is 1.56. The summed E-state index contributed by atoms with van der Waals surface area (Å²) in [5.41, 5.74) is 2.59. The fraction of sp³-hybridized carbons (Fsp3) is 0.312. The molecule has 0 aliphatic carbocycles. The van der Waals surface area contributed by atoms with Crippen LogP contribution in [0, 0.1) is 0 Å². The van der Waals surface area contributed by atoms with Crippen LogP contribution in [0.25, 0.3) is 11.3 Å². The highest BCUT2D eigenvalue weighted by molar-refractivity contribution is 7.91. The summed E-state index contributed by atoms with van der Waals surface area (Å²) in [4.78, 5) is 14.2. The minimum atomic E-state index is -2.98. The maximum atomic E-state index is 12.6. The monoisotopic (exact) mass is 318 g/mol. The van der Waals surface area contributed by atoms with Crippen molar-refractivity contribution >= 4 is 15.7 Å². The van der Waals surface area contributed by atoms with Crippen molar-refractivity contribution in [3.63, 3.8) is 0 Å². The predicted molar refractivity (Wildman–Crippen MR) is 85.4 cm³/mol. The molecule has 116 valence electrons. The van der Waals surface area contributed by atoms with Crippen molar-refractivity contribution in [3.05, 3.63) is 48.2 Å². The van der Waals surface area contributed by atoms with Gasteiger partial charge < -0.3 is 9.47 Å². The lowest BCUT2D eigenvalue weighted by atomic mass is 10.2. The van der Waals surface area contributed by atoms with Crippen molar-refractivity contribution < 1.29 is 13.2 Å². The molecule has 3 rings (SSSR count). The fourth-order valence-corrected chi connectivity index (χ4v) is 3.90. The van der Waals surface area contributed by atoms with E-state index in [1.54, 1.807) is 11.0 Å². The minimum absolute atomic E-state index is 0.0503. The molecule has 1 aliphatic rings. The van der Waals surface area contributed by atoms with Gasteiger partial charge in [-0.15, -0.1) is 0 Å². The van der Waals surface area contributed by atoms with E-state index in [1.165, 1.54) is 0 Å². The lowest BCUT2D eigenvalue weighted by molar-refractivity contribution is 0.0761. The topological polar surface area (TPSA) is 59.4 Å². The third-order valence-corrected chi connectivity index (χ3v) is 5.65. The first-order valence-electron chi connectivity index (χ1n) is 7.19. The normalized spacial score (nSPS) is 17.4. The Hall–Kier alpha value is -2.08. The zero-order chi connectivity index (χ0) is 15.7. The molecule has 22 heavy (non-hydrogen) atoms. The summed E-state index contributed by atoms with van der Waals surface area (Å²) in [6.45, 7) is 0.542. The lowest BCUT2D eigenvalue weighted by Gasteiger charge is -2.27. The van der Waals surface area contributed by atoms with Crippen LogP contribution in [-0.2, 0) is 16.9 Å². The largest absolute Gasteiger partial charge is 0.340 e. The molecule has 1 fully saturated rings. The molecule has 1 aromatic carbocycles. The van der Waals surface area contributed by atoms with Gasteiger partial charge >= 0.3 is 0 Å². The Balaban J connectivity index is 1.84. The number of amides is 1. The number of benzene rings is 1. The van der Waals surface area contributed by atoms with Gasteiger partial charge in [-0.05, 0) is 17.7 Å². The van der Waals surface area contributed by atoms with Crippen molar-refractivity contribution in [3.8, 4) is 11.3 Å². The van der Waals surface area contributed by atoms with E-state index in [-0.39, 0.29) is 30.5 Å². The van der Waals surface area contributed by atoms with Gasteiger partial charge in [-0.1, -0.05) is 30.3 Å². The molecular weight excluding hydrogens is 300 g/mol. The number of hydrogen-bond donors (Lipinski definition) is 0. The van der Waals surface area contributed by atoms with E-state index in [2.05, 4.69) is 0 Å². The van der Waals surface area contributed by atoms with E-state index in [9.17, 15) is 13.2 Å². The molecular formula is C16H18N2O3S. The Morgan fingerprint density at radius 2 is 1.64 bits per heavy atom. The molecule has 2 heterocycles. The van der Waals surface area contributed by atoms with E-state index < -0.39 is 9.84 Å². The second kappa shape index (κ2) is 5.61. The summed E-state index contributed by atoms with van der Waals surface area (Å²) in [6.07, 6.45) is 0. The first-order valence-corrected chi connectivity index (χ1v) is 9.01. The van der Waals surface area contributed by atoms with Gasteiger partial charge in [-0.25, -0.2) is 8.42 Å². The molecule has 0 spiro atoms. The summed E-state index contributed by atoms with van der Waals surface area (Å²) < 4.78 is 24.8. The molecule has 1 aromatic heterocycles. The van der Waals surface area contributed by atoms with Crippen LogP contribution in [0.2, 0.25) is 0 Å². The van der Waals surface area contributed by atoms with Gasteiger partial charge in [0.05, 0.1) is 11.5 Å². The summed E-state index contributed by atoms with van der Waals surface area (Å²) in [5, 5.41) is 0. The van der Waals surface area contributed by atoms with Crippen molar-refractivity contribution in [2.24, 2.45) is 7.05 Å². The Labute approximate surface area is 130 Å². The van der Waals surface area contributed by atoms with Crippen LogP contribution in [0.15, 0.2) is 42.5 Å². The number of carbonyl (C=O) groups excluding carboxylic acids is 1. The molecule has 0 bridgehead atoms. The van der Waals surface area contributed by atoms with E-state index in [0.717, 1.165) is 11.3 Å². The third-order valence-electron chi connectivity index (χ3n) is 4.04. The molecule has 0 unspecified atom stereocenters. The number of carbonyl (C=O) groups is 1. The van der Waals surface area contributed by atoms with Gasteiger partial charge in [0, 0.05) is 25.8 Å². The van der Waals surface area contributed by atoms with E-state index in [1.807, 2.05) is 48.0 Å². The number of hydrogen-bond acceptors (Lipinski definition) is 3. The number of aromatic nitrogens is 1. The van der Waals surface area contributed by atoms with Gasteiger partial charge in [0.2, 0.25) is 0 Å². The van der Waals surface area contributed by atoms with Crippen LogP contribution in [0.4, 0.5) is 0 Å². The van der Waals surface area contributed by atoms with Crippen molar-refractivity contribution in [1.29, 1.82) is 0 Å². The zero-order valence-electron chi connectivity index (χ0n) is 12.4. The molecule has 0 atom stereocenters. The van der Waals surface area contributed by atoms with Crippen molar-refractivity contribution in [2.45, 2.75) is 0 Å². The van der Waals surface area contributed by atoms with Gasteiger partial charge in [0.1, 0.15) is 5.69 Å². The van der Waals surface area contributed by atoms with Gasteiger partial charge in [-0.3, -0.25) is 4.79 Å². The Bertz CT molecular complexity index is 780. The highest BCUT2D eigenvalue weighted by Gasteiger charge is 2.27. The molecule has 2 aromatic rings. The molecule has 5 nitrogen and oxygen atoms in total. The average Bonchev–Trinajstić information content (AvgIpc) is 2.89. The molecule has 1 amide bonds. The highest BCUT2D eigenvalue weighted by Crippen LogP contribution is 2.22. The zero-order valence-corrected chi connectivity index (χ0v) is 13.2. The van der Waals surface area contributed by atoms with Crippen molar-refractivity contribution in [2.75, 3.05) is 24.6 Å². The van der Waals surface area contributed by atoms with E-state index in [0.29, 0.717) is 5.69 Å². The van der Waals surface area contributed by atoms with Gasteiger partial charge in [0.25, 0.3) is 5.91 Å². The van der Waals surface area contributed by atoms with E-state index >= 15 is 0 Å². The first-order chi connectivity index (χ1) is 10.5. The average molecular weight is 318 g/mol. The molecule has 1 saturated heterocycles. The summed E-state index contributed by atoms with van der Waals surface area (Å²) in [7, 11) is -1.12. The minimum Gasteiger partial charge on any atom is -0.340 e. The van der Waals surface area contributed by atoms with Gasteiger partial charge in [0.15, 0.2) is 9.84 Å². The van der Waals surface area contributed by atoms with Crippen LogP contribution in [0.1, 0.15) is 10.5 Å². The maximum Gasteiger partial charge on any atom is 0.270 e. The molecule has 0 radical (unpaired) electrons. The quantitative estimate of drug-likeness (QED) is 0.844. The van der Waals surface area contributed by atoms with Gasteiger partial charge in [-0.2, -0.15) is 0 Å². The van der Waals surface area contributed by atoms with Crippen LogP contribution in [0.5, 0.6) is 0 Å². The lowest BCUT2D eigenvalue weighted by Crippen LogP contribution is -2.44.